The summed E-state index contributed by atoms with van der Waals surface area (Å²) in [5.74, 6) is -0.420. The van der Waals surface area contributed by atoms with Crippen molar-refractivity contribution in [2.45, 2.75) is 39.0 Å². The number of hydrogen-bond donors (Lipinski definition) is 0. The van der Waals surface area contributed by atoms with Crippen LogP contribution in [-0.4, -0.2) is 17.5 Å². The molecule has 86 valence electrons. The summed E-state index contributed by atoms with van der Waals surface area (Å²) in [6, 6.07) is 0. The molecule has 1 unspecified atom stereocenters. The van der Waals surface area contributed by atoms with Crippen molar-refractivity contribution in [3.63, 3.8) is 0 Å². The molecule has 0 aromatic carbocycles. The Hall–Kier alpha value is -0.760. The van der Waals surface area contributed by atoms with Gasteiger partial charge in [0.25, 0.3) is 0 Å². The molecule has 0 aliphatic heterocycles. The molecule has 0 N–H and O–H groups in total. The molecule has 0 bridgehead atoms. The molecule has 0 saturated heterocycles. The summed E-state index contributed by atoms with van der Waals surface area (Å²) in [6.45, 7) is 11.5. The number of carbonyl (C=O) groups excluding carboxylic acids is 1. The van der Waals surface area contributed by atoms with E-state index in [2.05, 4.69) is 6.58 Å². The van der Waals surface area contributed by atoms with Crippen molar-refractivity contribution >= 4 is 17.6 Å². The summed E-state index contributed by atoms with van der Waals surface area (Å²) in [5, 5.41) is 0. The van der Waals surface area contributed by atoms with Crippen molar-refractivity contribution in [1.82, 2.24) is 0 Å². The Bertz CT molecular complexity index is 277. The van der Waals surface area contributed by atoms with Gasteiger partial charge in [0.1, 0.15) is 0 Å². The van der Waals surface area contributed by atoms with E-state index in [1.807, 2.05) is 19.9 Å². The molecule has 2 nitrogen and oxygen atoms in total. The average Bonchev–Trinajstić information content (AvgIpc) is 2.14. The number of esters is 1. The zero-order chi connectivity index (χ0) is 12.1. The molecule has 1 atom stereocenters. The Morgan fingerprint density at radius 3 is 2.33 bits per heavy atom. The molecular formula is C12H19ClO2. The van der Waals surface area contributed by atoms with Gasteiger partial charge in [-0.15, -0.1) is 11.6 Å². The van der Waals surface area contributed by atoms with Crippen LogP contribution in [0.2, 0.25) is 0 Å². The smallest absolute Gasteiger partial charge is 0.331 e. The fraction of sp³-hybridized carbons (Fsp3) is 0.583. The van der Waals surface area contributed by atoms with Crippen LogP contribution in [0.4, 0.5) is 0 Å². The summed E-state index contributed by atoms with van der Waals surface area (Å²) < 4.78 is 4.94. The molecule has 0 aliphatic carbocycles. The third-order valence-electron chi connectivity index (χ3n) is 2.07. The third kappa shape index (κ3) is 4.08. The molecule has 0 spiro atoms. The molecule has 0 amide bonds. The van der Waals surface area contributed by atoms with Gasteiger partial charge in [0.15, 0.2) is 4.87 Å². The average molecular weight is 231 g/mol. The van der Waals surface area contributed by atoms with Gasteiger partial charge in [0.05, 0.1) is 6.61 Å². The van der Waals surface area contributed by atoms with Crippen LogP contribution in [0.5, 0.6) is 0 Å². The van der Waals surface area contributed by atoms with E-state index in [1.54, 1.807) is 13.8 Å². The predicted molar refractivity (Wildman–Crippen MR) is 64.1 cm³/mol. The van der Waals surface area contributed by atoms with Crippen molar-refractivity contribution in [2.24, 2.45) is 0 Å². The van der Waals surface area contributed by atoms with Crippen LogP contribution < -0.4 is 0 Å². The molecule has 0 aromatic heterocycles. The second-order valence-electron chi connectivity index (χ2n) is 3.79. The van der Waals surface area contributed by atoms with Gasteiger partial charge in [-0.1, -0.05) is 18.2 Å². The Labute approximate surface area is 97.0 Å². The van der Waals surface area contributed by atoms with E-state index in [9.17, 15) is 4.79 Å². The van der Waals surface area contributed by atoms with Gasteiger partial charge in [0, 0.05) is 0 Å². The van der Waals surface area contributed by atoms with E-state index in [0.29, 0.717) is 18.6 Å². The summed E-state index contributed by atoms with van der Waals surface area (Å²) in [4.78, 5) is 10.6. The minimum absolute atomic E-state index is 0.329. The largest absolute Gasteiger partial charge is 0.464 e. The summed E-state index contributed by atoms with van der Waals surface area (Å²) in [6.07, 6.45) is 2.34. The first-order valence-electron chi connectivity index (χ1n) is 5.00. The lowest BCUT2D eigenvalue weighted by atomic mass is 9.96. The molecule has 0 rings (SSSR count). The van der Waals surface area contributed by atoms with Gasteiger partial charge >= 0.3 is 5.97 Å². The van der Waals surface area contributed by atoms with Crippen LogP contribution in [0.3, 0.4) is 0 Å². The molecule has 0 aliphatic rings. The summed E-state index contributed by atoms with van der Waals surface area (Å²) in [5.41, 5.74) is 1.73. The maximum atomic E-state index is 11.7. The highest BCUT2D eigenvalue weighted by Crippen LogP contribution is 2.30. The van der Waals surface area contributed by atoms with Crippen molar-refractivity contribution in [3.05, 3.63) is 23.8 Å². The van der Waals surface area contributed by atoms with Gasteiger partial charge in [-0.3, -0.25) is 0 Å². The standard InChI is InChI=1S/C12H19ClO2/c1-6-15-11(14)12(13,10(4)5)8-7-9(2)3/h7H,4,6,8H2,1-3,5H3. The maximum absolute atomic E-state index is 11.7. The van der Waals surface area contributed by atoms with Crippen LogP contribution in [-0.2, 0) is 9.53 Å². The minimum Gasteiger partial charge on any atom is -0.464 e. The lowest BCUT2D eigenvalue weighted by Crippen LogP contribution is -2.35. The fourth-order valence-corrected chi connectivity index (χ4v) is 1.15. The number of alkyl halides is 1. The van der Waals surface area contributed by atoms with Crippen molar-refractivity contribution in [3.8, 4) is 0 Å². The molecule has 0 fully saturated rings. The van der Waals surface area contributed by atoms with E-state index in [0.717, 1.165) is 5.57 Å². The SMILES string of the molecule is C=C(C)C(Cl)(CC=C(C)C)C(=O)OCC. The first-order valence-corrected chi connectivity index (χ1v) is 5.38. The van der Waals surface area contributed by atoms with Crippen LogP contribution in [0.15, 0.2) is 23.8 Å². The number of ether oxygens (including phenoxy) is 1. The second kappa shape index (κ2) is 5.96. The third-order valence-corrected chi connectivity index (χ3v) is 2.70. The van der Waals surface area contributed by atoms with Crippen LogP contribution >= 0.6 is 11.6 Å². The maximum Gasteiger partial charge on any atom is 0.331 e. The number of halogens is 1. The van der Waals surface area contributed by atoms with Crippen LogP contribution in [0, 0.1) is 0 Å². The highest BCUT2D eigenvalue weighted by molar-refractivity contribution is 6.36. The monoisotopic (exact) mass is 230 g/mol. The molecule has 3 heteroatoms. The van der Waals surface area contributed by atoms with E-state index < -0.39 is 10.8 Å². The normalized spacial score (nSPS) is 13.9. The second-order valence-corrected chi connectivity index (χ2v) is 4.43. The van der Waals surface area contributed by atoms with Gasteiger partial charge in [-0.25, -0.2) is 4.79 Å². The Balaban J connectivity index is 4.82. The topological polar surface area (TPSA) is 26.3 Å². The zero-order valence-electron chi connectivity index (χ0n) is 9.89. The first kappa shape index (κ1) is 14.2. The summed E-state index contributed by atoms with van der Waals surface area (Å²) >= 11 is 6.23. The predicted octanol–water partition coefficient (Wildman–Crippen LogP) is 3.46. The molecular weight excluding hydrogens is 212 g/mol. The van der Waals surface area contributed by atoms with Gasteiger partial charge in [-0.2, -0.15) is 0 Å². The van der Waals surface area contributed by atoms with E-state index in [-0.39, 0.29) is 0 Å². The molecule has 0 radical (unpaired) electrons. The Morgan fingerprint density at radius 2 is 2.00 bits per heavy atom. The quantitative estimate of drug-likeness (QED) is 0.411. The van der Waals surface area contributed by atoms with Crippen LogP contribution in [0.25, 0.3) is 0 Å². The van der Waals surface area contributed by atoms with Crippen molar-refractivity contribution < 1.29 is 9.53 Å². The zero-order valence-corrected chi connectivity index (χ0v) is 10.6. The van der Waals surface area contributed by atoms with Gasteiger partial charge < -0.3 is 4.74 Å². The molecule has 15 heavy (non-hydrogen) atoms. The van der Waals surface area contributed by atoms with E-state index in [4.69, 9.17) is 16.3 Å². The fourth-order valence-electron chi connectivity index (χ4n) is 1.02. The number of rotatable bonds is 5. The Kier molecular flexibility index (Phi) is 5.66. The van der Waals surface area contributed by atoms with Crippen molar-refractivity contribution in [1.29, 1.82) is 0 Å². The van der Waals surface area contributed by atoms with Crippen molar-refractivity contribution in [2.75, 3.05) is 6.61 Å². The molecule has 0 heterocycles. The highest BCUT2D eigenvalue weighted by Gasteiger charge is 2.37. The van der Waals surface area contributed by atoms with Gasteiger partial charge in [-0.05, 0) is 39.7 Å². The lowest BCUT2D eigenvalue weighted by Gasteiger charge is -2.23. The van der Waals surface area contributed by atoms with E-state index in [1.165, 1.54) is 0 Å². The van der Waals surface area contributed by atoms with Gasteiger partial charge in [0.2, 0.25) is 0 Å². The van der Waals surface area contributed by atoms with E-state index >= 15 is 0 Å². The first-order chi connectivity index (χ1) is 6.84. The lowest BCUT2D eigenvalue weighted by molar-refractivity contribution is -0.145. The summed E-state index contributed by atoms with van der Waals surface area (Å²) in [7, 11) is 0. The number of hydrogen-bond acceptors (Lipinski definition) is 2. The minimum atomic E-state index is -1.12. The van der Waals surface area contributed by atoms with Crippen LogP contribution in [0.1, 0.15) is 34.1 Å². The molecule has 0 aromatic rings. The highest BCUT2D eigenvalue weighted by atomic mass is 35.5. The Morgan fingerprint density at radius 1 is 1.47 bits per heavy atom. The number of allylic oxidation sites excluding steroid dienone is 2. The number of carbonyl (C=O) groups is 1. The molecule has 0 saturated carbocycles.